The van der Waals surface area contributed by atoms with Crippen LogP contribution in [0.2, 0.25) is 0 Å². The first-order chi connectivity index (χ1) is 9.60. The van der Waals surface area contributed by atoms with Crippen LogP contribution in [0.15, 0.2) is 40.9 Å². The molecule has 20 heavy (non-hydrogen) atoms. The van der Waals surface area contributed by atoms with Gasteiger partial charge in [-0.15, -0.1) is 0 Å². The van der Waals surface area contributed by atoms with Crippen molar-refractivity contribution in [3.63, 3.8) is 0 Å². The van der Waals surface area contributed by atoms with Gasteiger partial charge in [0.25, 0.3) is 0 Å². The Morgan fingerprint density at radius 2 is 1.80 bits per heavy atom. The molecule has 2 rings (SSSR count). The summed E-state index contributed by atoms with van der Waals surface area (Å²) in [5, 5.41) is 3.08. The van der Waals surface area contributed by atoms with Crippen LogP contribution in [-0.2, 0) is 13.1 Å². The largest absolute Gasteiger partial charge is 0.496 e. The highest BCUT2D eigenvalue weighted by atomic mass is 79.9. The van der Waals surface area contributed by atoms with Gasteiger partial charge in [-0.25, -0.2) is 8.78 Å². The van der Waals surface area contributed by atoms with Crippen LogP contribution in [0, 0.1) is 11.6 Å². The van der Waals surface area contributed by atoms with Crippen molar-refractivity contribution >= 4 is 15.9 Å². The minimum absolute atomic E-state index is 0.249. The Morgan fingerprint density at radius 3 is 2.55 bits per heavy atom. The first kappa shape index (κ1) is 14.9. The van der Waals surface area contributed by atoms with E-state index in [1.54, 1.807) is 7.11 Å². The van der Waals surface area contributed by atoms with Gasteiger partial charge >= 0.3 is 0 Å². The molecular weight excluding hydrogens is 328 g/mol. The lowest BCUT2D eigenvalue weighted by Crippen LogP contribution is -2.14. The molecule has 0 saturated heterocycles. The van der Waals surface area contributed by atoms with Crippen molar-refractivity contribution in [1.29, 1.82) is 0 Å². The van der Waals surface area contributed by atoms with E-state index in [-0.39, 0.29) is 6.54 Å². The van der Waals surface area contributed by atoms with Crippen LogP contribution in [0.4, 0.5) is 8.78 Å². The molecule has 2 aromatic rings. The third kappa shape index (κ3) is 3.77. The van der Waals surface area contributed by atoms with E-state index in [4.69, 9.17) is 4.74 Å². The average molecular weight is 342 g/mol. The van der Waals surface area contributed by atoms with Gasteiger partial charge < -0.3 is 10.1 Å². The quantitative estimate of drug-likeness (QED) is 0.886. The summed E-state index contributed by atoms with van der Waals surface area (Å²) in [6, 6.07) is 9.09. The summed E-state index contributed by atoms with van der Waals surface area (Å²) in [6.45, 7) is 0.748. The Balaban J connectivity index is 2.02. The zero-order valence-electron chi connectivity index (χ0n) is 10.9. The molecule has 5 heteroatoms. The Kier molecular flexibility index (Phi) is 5.09. The van der Waals surface area contributed by atoms with Crippen molar-refractivity contribution < 1.29 is 13.5 Å². The molecule has 0 aromatic heterocycles. The summed E-state index contributed by atoms with van der Waals surface area (Å²) in [7, 11) is 1.60. The van der Waals surface area contributed by atoms with Gasteiger partial charge in [0, 0.05) is 28.7 Å². The minimum Gasteiger partial charge on any atom is -0.496 e. The number of rotatable bonds is 5. The van der Waals surface area contributed by atoms with Gasteiger partial charge in [-0.3, -0.25) is 0 Å². The summed E-state index contributed by atoms with van der Waals surface area (Å²) in [6.07, 6.45) is 0. The number of methoxy groups -OCH3 is 1. The second kappa shape index (κ2) is 6.81. The van der Waals surface area contributed by atoms with Crippen molar-refractivity contribution in [2.45, 2.75) is 13.1 Å². The molecule has 2 aromatic carbocycles. The van der Waals surface area contributed by atoms with Gasteiger partial charge in [0.1, 0.15) is 17.4 Å². The molecule has 0 unspecified atom stereocenters. The van der Waals surface area contributed by atoms with E-state index < -0.39 is 11.6 Å². The number of halogens is 3. The van der Waals surface area contributed by atoms with Gasteiger partial charge in [0.2, 0.25) is 0 Å². The normalized spacial score (nSPS) is 10.6. The molecule has 1 N–H and O–H groups in total. The van der Waals surface area contributed by atoms with Gasteiger partial charge in [-0.2, -0.15) is 0 Å². The Hall–Kier alpha value is -1.46. The number of hydrogen-bond donors (Lipinski definition) is 1. The number of hydrogen-bond acceptors (Lipinski definition) is 2. The Bertz CT molecular complexity index is 604. The standard InChI is InChI=1S/C15H14BrF2NO/c1-20-15-5-2-12(16)6-11(15)9-19-8-10-7-13(17)3-4-14(10)18/h2-7,19H,8-9H2,1H3. The third-order valence-electron chi connectivity index (χ3n) is 2.88. The molecule has 0 aliphatic carbocycles. The lowest BCUT2D eigenvalue weighted by Gasteiger charge is -2.10. The molecule has 0 bridgehead atoms. The predicted molar refractivity (Wildman–Crippen MR) is 77.6 cm³/mol. The molecule has 0 spiro atoms. The van der Waals surface area contributed by atoms with Crippen LogP contribution in [0.5, 0.6) is 5.75 Å². The monoisotopic (exact) mass is 341 g/mol. The molecular formula is C15H14BrF2NO. The highest BCUT2D eigenvalue weighted by molar-refractivity contribution is 9.10. The van der Waals surface area contributed by atoms with Gasteiger partial charge in [-0.05, 0) is 36.4 Å². The average Bonchev–Trinajstić information content (AvgIpc) is 2.43. The van der Waals surface area contributed by atoms with Crippen LogP contribution >= 0.6 is 15.9 Å². The third-order valence-corrected chi connectivity index (χ3v) is 3.37. The summed E-state index contributed by atoms with van der Waals surface area (Å²) in [5.41, 5.74) is 1.25. The highest BCUT2D eigenvalue weighted by Gasteiger charge is 2.06. The summed E-state index contributed by atoms with van der Waals surface area (Å²) < 4.78 is 32.7. The zero-order valence-corrected chi connectivity index (χ0v) is 12.5. The molecule has 0 fully saturated rings. The Labute approximate surface area is 124 Å². The maximum Gasteiger partial charge on any atom is 0.127 e. The maximum atomic E-state index is 13.5. The van der Waals surface area contributed by atoms with Crippen molar-refractivity contribution in [2.75, 3.05) is 7.11 Å². The maximum absolute atomic E-state index is 13.5. The van der Waals surface area contributed by atoms with Crippen LogP contribution < -0.4 is 10.1 Å². The summed E-state index contributed by atoms with van der Waals surface area (Å²) >= 11 is 3.39. The van der Waals surface area contributed by atoms with Crippen molar-refractivity contribution in [3.8, 4) is 5.75 Å². The fourth-order valence-electron chi connectivity index (χ4n) is 1.90. The first-order valence-corrected chi connectivity index (χ1v) is 6.86. The number of ether oxygens (including phenoxy) is 1. The second-order valence-corrected chi connectivity index (χ2v) is 5.21. The molecule has 0 aliphatic rings. The van der Waals surface area contributed by atoms with Crippen LogP contribution in [0.3, 0.4) is 0 Å². The van der Waals surface area contributed by atoms with E-state index in [1.165, 1.54) is 6.07 Å². The van der Waals surface area contributed by atoms with Crippen LogP contribution in [0.1, 0.15) is 11.1 Å². The second-order valence-electron chi connectivity index (χ2n) is 4.30. The van der Waals surface area contributed by atoms with E-state index in [2.05, 4.69) is 21.2 Å². The Morgan fingerprint density at radius 1 is 1.05 bits per heavy atom. The topological polar surface area (TPSA) is 21.3 Å². The molecule has 2 nitrogen and oxygen atoms in total. The van der Waals surface area contributed by atoms with Crippen LogP contribution in [-0.4, -0.2) is 7.11 Å². The smallest absolute Gasteiger partial charge is 0.127 e. The molecule has 0 radical (unpaired) electrons. The molecule has 106 valence electrons. The molecule has 0 aliphatic heterocycles. The van der Waals surface area contributed by atoms with Gasteiger partial charge in [0.15, 0.2) is 0 Å². The van der Waals surface area contributed by atoms with E-state index in [0.29, 0.717) is 12.1 Å². The molecule has 0 saturated carbocycles. The van der Waals surface area contributed by atoms with E-state index in [0.717, 1.165) is 27.9 Å². The predicted octanol–water partition coefficient (Wildman–Crippen LogP) is 4.03. The van der Waals surface area contributed by atoms with E-state index in [1.807, 2.05) is 18.2 Å². The first-order valence-electron chi connectivity index (χ1n) is 6.07. The van der Waals surface area contributed by atoms with Gasteiger partial charge in [-0.1, -0.05) is 15.9 Å². The van der Waals surface area contributed by atoms with E-state index in [9.17, 15) is 8.78 Å². The number of benzene rings is 2. The zero-order chi connectivity index (χ0) is 14.5. The van der Waals surface area contributed by atoms with Crippen LogP contribution in [0.25, 0.3) is 0 Å². The highest BCUT2D eigenvalue weighted by Crippen LogP contribution is 2.22. The van der Waals surface area contributed by atoms with Crippen molar-refractivity contribution in [3.05, 3.63) is 63.6 Å². The fourth-order valence-corrected chi connectivity index (χ4v) is 2.30. The minimum atomic E-state index is -0.441. The van der Waals surface area contributed by atoms with Crippen molar-refractivity contribution in [1.82, 2.24) is 5.32 Å². The van der Waals surface area contributed by atoms with E-state index >= 15 is 0 Å². The molecule has 0 heterocycles. The molecule has 0 amide bonds. The lowest BCUT2D eigenvalue weighted by atomic mass is 10.1. The van der Waals surface area contributed by atoms with Gasteiger partial charge in [0.05, 0.1) is 7.11 Å². The summed E-state index contributed by atoms with van der Waals surface area (Å²) in [5.74, 6) is -0.108. The lowest BCUT2D eigenvalue weighted by molar-refractivity contribution is 0.407. The summed E-state index contributed by atoms with van der Waals surface area (Å²) in [4.78, 5) is 0. The van der Waals surface area contributed by atoms with Crippen molar-refractivity contribution in [2.24, 2.45) is 0 Å². The fraction of sp³-hybridized carbons (Fsp3) is 0.200. The number of nitrogens with one attached hydrogen (secondary N) is 1. The SMILES string of the molecule is COc1ccc(Br)cc1CNCc1cc(F)ccc1F. The molecule has 0 atom stereocenters.